The minimum Gasteiger partial charge on any atom is -0.420 e. The third-order valence-corrected chi connectivity index (χ3v) is 59.3. The monoisotopic (exact) mass is 1800 g/mol. The van der Waals surface area contributed by atoms with Gasteiger partial charge in [0.15, 0.2) is 0 Å². The van der Waals surface area contributed by atoms with Gasteiger partial charge in [0.05, 0.1) is 52.9 Å². The molecule has 35 heteroatoms. The summed E-state index contributed by atoms with van der Waals surface area (Å²) in [7, 11) is -29.8. The second-order valence-corrected chi connectivity index (χ2v) is 63.7. The molecule has 0 aromatic heterocycles. The van der Waals surface area contributed by atoms with Crippen LogP contribution in [0.4, 0.5) is 0 Å². The molecule has 107 heavy (non-hydrogen) atoms. The van der Waals surface area contributed by atoms with E-state index in [2.05, 4.69) is 111 Å². The molecule has 8 atom stereocenters. The van der Waals surface area contributed by atoms with Crippen LogP contribution >= 0.6 is 94.1 Å². The molecule has 1 N–H and O–H groups in total. The second-order valence-electron chi connectivity index (χ2n) is 31.2. The van der Waals surface area contributed by atoms with E-state index < -0.39 is 71.9 Å². The van der Waals surface area contributed by atoms with Crippen LogP contribution in [-0.2, 0) is 79.0 Å². The topological polar surface area (TPSA) is 186 Å². The van der Waals surface area contributed by atoms with Gasteiger partial charge in [-0.05, 0) is 163 Å². The molecule has 0 aliphatic carbocycles. The van der Waals surface area contributed by atoms with Gasteiger partial charge in [-0.25, -0.2) is 0 Å². The molecule has 0 spiro atoms. The fourth-order valence-corrected chi connectivity index (χ4v) is 62.0. The predicted molar refractivity (Wildman–Crippen MR) is 483 cm³/mol. The zero-order valence-corrected chi connectivity index (χ0v) is 84.8. The maximum atomic E-state index is 13.9. The van der Waals surface area contributed by atoms with Crippen molar-refractivity contribution in [2.24, 2.45) is 47.3 Å². The molecule has 0 aromatic carbocycles. The Morgan fingerprint density at radius 1 is 0.234 bits per heavy atom. The molecule has 3 aliphatic heterocycles. The van der Waals surface area contributed by atoms with E-state index in [0.29, 0.717) is 178 Å². The number of hydrogen-bond donors (Lipinski definition) is 1. The van der Waals surface area contributed by atoms with Gasteiger partial charge >= 0.3 is 71.9 Å². The van der Waals surface area contributed by atoms with Crippen LogP contribution in [0.2, 0.25) is 48.4 Å². The standard InChI is InChI=1S/C72H156O19S8Si8/c1-65(2)17-25-74-33-41-92-49-57-100-82-101(58-50-93-42-34-75-26-18-66(3)4)85-105(62-54-97-46-38-79-30-22-70(11)12)88-104(84-100,61-53-96-45-37-78-29-21-69(9)10)89-106(63-55-98-47-39-80-31-23-71(13)14)86-102(59-51-94-43-35-76-27-19-67(5)6)83-103(73,60-52-95-44-36-77-28-20-68(7)8)87-107(90-105,91-106)64-56-99-48-40-81-32-24-72(15)16/h65-73,100-102H,17-64H2,1-16H3. The lowest BCUT2D eigenvalue weighted by Gasteiger charge is -2.55. The molecule has 0 aromatic rings. The van der Waals surface area contributed by atoms with Crippen LogP contribution in [0.3, 0.4) is 0 Å². The Labute approximate surface area is 699 Å². The molecule has 638 valence electrons. The van der Waals surface area contributed by atoms with E-state index in [1.807, 2.05) is 70.6 Å². The summed E-state index contributed by atoms with van der Waals surface area (Å²) < 4.78 is 130. The summed E-state index contributed by atoms with van der Waals surface area (Å²) in [5, 5.41) is 0. The quantitative estimate of drug-likeness (QED) is 0.0447. The summed E-state index contributed by atoms with van der Waals surface area (Å²) in [5.41, 5.74) is 0. The highest BCUT2D eigenvalue weighted by Crippen LogP contribution is 2.46. The Morgan fingerprint density at radius 3 is 0.692 bits per heavy atom. The Balaban J connectivity index is 2.46. The zero-order valence-electron chi connectivity index (χ0n) is 69.9. The van der Waals surface area contributed by atoms with E-state index in [-0.39, 0.29) is 6.04 Å². The summed E-state index contributed by atoms with van der Waals surface area (Å²) >= 11 is 14.6. The first kappa shape index (κ1) is 105. The summed E-state index contributed by atoms with van der Waals surface area (Å²) in [6.45, 7) is 46.8. The summed E-state index contributed by atoms with van der Waals surface area (Å²) in [4.78, 5) is 13.9. The Morgan fingerprint density at radius 2 is 0.439 bits per heavy atom. The van der Waals surface area contributed by atoms with E-state index in [0.717, 1.165) is 161 Å². The fraction of sp³-hybridized carbons (Fsp3) is 1.00. The van der Waals surface area contributed by atoms with Crippen LogP contribution in [0.15, 0.2) is 0 Å². The molecule has 3 aliphatic rings. The third kappa shape index (κ3) is 56.1. The van der Waals surface area contributed by atoms with E-state index in [9.17, 15) is 4.80 Å². The third-order valence-electron chi connectivity index (χ3n) is 17.1. The highest BCUT2D eigenvalue weighted by Gasteiger charge is 2.72. The van der Waals surface area contributed by atoms with Gasteiger partial charge in [-0.3, -0.25) is 0 Å². The number of ether oxygens (including phenoxy) is 8. The van der Waals surface area contributed by atoms with Crippen LogP contribution in [0.1, 0.15) is 162 Å². The first-order chi connectivity index (χ1) is 51.4. The predicted octanol–water partition coefficient (Wildman–Crippen LogP) is 16.9. The van der Waals surface area contributed by atoms with Crippen molar-refractivity contribution in [3.63, 3.8) is 0 Å². The van der Waals surface area contributed by atoms with Gasteiger partial charge in [0, 0.05) is 129 Å². The molecule has 19 nitrogen and oxygen atoms in total. The highest BCUT2D eigenvalue weighted by molar-refractivity contribution is 8.00. The summed E-state index contributed by atoms with van der Waals surface area (Å²) in [6, 6.07) is 3.84. The van der Waals surface area contributed by atoms with Gasteiger partial charge in [-0.15, -0.1) is 0 Å². The molecule has 0 saturated carbocycles. The summed E-state index contributed by atoms with van der Waals surface area (Å²) in [5.74, 6) is 16.4. The molecule has 3 heterocycles. The van der Waals surface area contributed by atoms with Crippen LogP contribution in [0, 0.1) is 47.3 Å². The van der Waals surface area contributed by atoms with Crippen molar-refractivity contribution in [2.45, 2.75) is 210 Å². The van der Waals surface area contributed by atoms with Crippen molar-refractivity contribution in [3.05, 3.63) is 0 Å². The molecule has 3 fully saturated rings. The normalized spacial score (nSPS) is 23.9. The highest BCUT2D eigenvalue weighted by atomic mass is 32.2. The molecular weight excluding hydrogens is 1650 g/mol. The Bertz CT molecular complexity index is 2050. The van der Waals surface area contributed by atoms with E-state index in [1.54, 1.807) is 23.5 Å². The van der Waals surface area contributed by atoms with Gasteiger partial charge in [0.2, 0.25) is 0 Å². The lowest BCUT2D eigenvalue weighted by atomic mass is 10.1. The van der Waals surface area contributed by atoms with Crippen molar-refractivity contribution in [1.82, 2.24) is 0 Å². The van der Waals surface area contributed by atoms with Crippen molar-refractivity contribution in [2.75, 3.05) is 198 Å². The minimum absolute atomic E-state index is 0.269. The van der Waals surface area contributed by atoms with Crippen molar-refractivity contribution >= 4 is 166 Å². The lowest BCUT2D eigenvalue weighted by molar-refractivity contribution is 0.0469. The van der Waals surface area contributed by atoms with Gasteiger partial charge in [0.25, 0.3) is 0 Å². The maximum Gasteiger partial charge on any atom is 0.482 e. The van der Waals surface area contributed by atoms with Gasteiger partial charge in [-0.1, -0.05) is 111 Å². The van der Waals surface area contributed by atoms with E-state index >= 15 is 0 Å². The Hall–Kier alpha value is 3.78. The van der Waals surface area contributed by atoms with E-state index in [4.69, 9.17) is 79.0 Å². The molecule has 3 rings (SSSR count). The molecular formula is C72H156O19S8Si8. The SMILES string of the molecule is CC(C)CCOCCSCC[SiH]1O[SiH](CCSCCOCCC(C)C)O[Si]2(CCSCCOCCC(C)C)O[Si](CCSCCOCCC(C)C)(O1)O[Si]1(CCSCCOCCC(C)C)O[SiH](CCSCCOCCC(C)C)O[Si](O)(CCSCCOCCC(C)C)O[Si](CCSCCOCCC(C)C)(O2)O1. The van der Waals surface area contributed by atoms with Crippen LogP contribution in [0.25, 0.3) is 0 Å². The lowest BCUT2D eigenvalue weighted by Crippen LogP contribution is -2.78. The minimum atomic E-state index is -4.40. The molecule has 8 unspecified atom stereocenters. The average molecular weight is 1810 g/mol. The fourth-order valence-electron chi connectivity index (χ4n) is 10.3. The number of hydrogen-bond acceptors (Lipinski definition) is 27. The number of rotatable bonds is 72. The zero-order chi connectivity index (χ0) is 78.2. The van der Waals surface area contributed by atoms with E-state index in [1.165, 1.54) is 0 Å². The summed E-state index contributed by atoms with van der Waals surface area (Å²) in [6.07, 6.45) is 8.15. The van der Waals surface area contributed by atoms with Crippen molar-refractivity contribution in [3.8, 4) is 0 Å². The first-order valence-electron chi connectivity index (χ1n) is 41.2. The van der Waals surface area contributed by atoms with Crippen LogP contribution in [0.5, 0.6) is 0 Å². The molecule has 3 saturated heterocycles. The number of fused-ring (bicyclic) bond motifs is 4. The molecule has 0 radical (unpaired) electrons. The maximum absolute atomic E-state index is 13.9. The smallest absolute Gasteiger partial charge is 0.420 e. The average Bonchev–Trinajstić information content (AvgIpc) is 0.728. The number of thioether (sulfide) groups is 8. The van der Waals surface area contributed by atoms with Gasteiger partial charge in [-0.2, -0.15) is 94.1 Å². The first-order valence-corrected chi connectivity index (χ1v) is 65.4. The van der Waals surface area contributed by atoms with Gasteiger partial charge < -0.3 is 83.8 Å². The van der Waals surface area contributed by atoms with Crippen molar-refractivity contribution < 1.29 is 83.8 Å². The second kappa shape index (κ2) is 65.5. The largest absolute Gasteiger partial charge is 0.482 e. The molecule has 4 bridgehead atoms. The van der Waals surface area contributed by atoms with Crippen molar-refractivity contribution in [1.29, 1.82) is 0 Å². The molecule has 0 amide bonds. The van der Waals surface area contributed by atoms with Crippen LogP contribution < -0.4 is 0 Å². The van der Waals surface area contributed by atoms with Crippen LogP contribution in [-0.4, -0.2) is 274 Å². The Kier molecular flexibility index (Phi) is 64.3. The van der Waals surface area contributed by atoms with Gasteiger partial charge in [0.1, 0.15) is 0 Å².